The van der Waals surface area contributed by atoms with E-state index in [4.69, 9.17) is 11.6 Å². The van der Waals surface area contributed by atoms with Crippen LogP contribution >= 0.6 is 11.9 Å². The van der Waals surface area contributed by atoms with Crippen molar-refractivity contribution in [2.45, 2.75) is 56.1 Å². The first kappa shape index (κ1) is 25.1. The van der Waals surface area contributed by atoms with Crippen LogP contribution in [0.2, 0.25) is 0 Å². The average Bonchev–Trinajstić information content (AvgIpc) is 2.86. The number of amidine groups is 1. The van der Waals surface area contributed by atoms with E-state index in [2.05, 4.69) is 64.2 Å². The molecule has 1 fully saturated rings. The van der Waals surface area contributed by atoms with Crippen molar-refractivity contribution >= 4 is 23.5 Å². The minimum atomic E-state index is 0.412. The lowest BCUT2D eigenvalue weighted by molar-refractivity contribution is 0.290. The molecule has 0 atom stereocenters. The van der Waals surface area contributed by atoms with Crippen molar-refractivity contribution in [2.24, 2.45) is 16.7 Å². The molecule has 0 aromatic heterocycles. The number of rotatable bonds is 10. The Balaban J connectivity index is 1.53. The number of nitrogens with one attached hydrogen (secondary N) is 1. The van der Waals surface area contributed by atoms with E-state index < -0.39 is 0 Å². The molecule has 0 spiro atoms. The Bertz CT molecular complexity index is 1080. The van der Waals surface area contributed by atoms with Crippen molar-refractivity contribution in [1.82, 2.24) is 9.42 Å². The molecule has 6 nitrogen and oxygen atoms in total. The van der Waals surface area contributed by atoms with Crippen LogP contribution in [0, 0.1) is 0 Å². The van der Waals surface area contributed by atoms with Gasteiger partial charge >= 0.3 is 0 Å². The highest BCUT2D eigenvalue weighted by molar-refractivity contribution is 7.97. The van der Waals surface area contributed by atoms with E-state index >= 15 is 0 Å². The third-order valence-electron chi connectivity index (χ3n) is 6.16. The first-order chi connectivity index (χ1) is 17.1. The lowest BCUT2D eigenvalue weighted by atomic mass is 9.95. The summed E-state index contributed by atoms with van der Waals surface area (Å²) in [5, 5.41) is 9.67. The second kappa shape index (κ2) is 12.6. The van der Waals surface area contributed by atoms with E-state index in [9.17, 15) is 0 Å². The molecule has 0 heterocycles. The van der Waals surface area contributed by atoms with Crippen LogP contribution in [0.3, 0.4) is 0 Å². The summed E-state index contributed by atoms with van der Waals surface area (Å²) < 4.78 is 2.22. The summed E-state index contributed by atoms with van der Waals surface area (Å²) in [4.78, 5) is 1.11. The second-order valence-electron chi connectivity index (χ2n) is 9.12. The lowest BCUT2D eigenvalue weighted by Gasteiger charge is -2.26. The van der Waals surface area contributed by atoms with Crippen LogP contribution in [0.25, 0.3) is 0 Å². The lowest BCUT2D eigenvalue weighted by Crippen LogP contribution is -2.30. The molecule has 0 saturated heterocycles. The number of nitrogens with zero attached hydrogens (tertiary/aromatic N) is 3. The van der Waals surface area contributed by atoms with Crippen LogP contribution in [0.4, 0.5) is 5.69 Å². The summed E-state index contributed by atoms with van der Waals surface area (Å²) in [6.45, 7) is 1.33. The molecule has 35 heavy (non-hydrogen) atoms. The number of hydrazine groups is 1. The third-order valence-corrected chi connectivity index (χ3v) is 7.07. The van der Waals surface area contributed by atoms with Gasteiger partial charge in [0, 0.05) is 28.7 Å². The van der Waals surface area contributed by atoms with Gasteiger partial charge in [-0.15, -0.1) is 5.10 Å². The van der Waals surface area contributed by atoms with Crippen molar-refractivity contribution < 1.29 is 0 Å². The predicted molar refractivity (Wildman–Crippen MR) is 148 cm³/mol. The predicted octanol–water partition coefficient (Wildman–Crippen LogP) is 5.57. The van der Waals surface area contributed by atoms with Gasteiger partial charge in [-0.25, -0.2) is 15.3 Å². The van der Waals surface area contributed by atoms with Gasteiger partial charge in [0.1, 0.15) is 0 Å². The third kappa shape index (κ3) is 7.75. The number of anilines is 1. The summed E-state index contributed by atoms with van der Waals surface area (Å²) in [7, 11) is 2.10. The van der Waals surface area contributed by atoms with Gasteiger partial charge in [-0.1, -0.05) is 79.9 Å². The van der Waals surface area contributed by atoms with Crippen molar-refractivity contribution in [3.8, 4) is 0 Å². The number of benzene rings is 3. The summed E-state index contributed by atoms with van der Waals surface area (Å²) in [6.07, 6.45) is 6.22. The quantitative estimate of drug-likeness (QED) is 0.114. The highest BCUT2D eigenvalue weighted by Gasteiger charge is 2.17. The molecule has 1 aliphatic rings. The van der Waals surface area contributed by atoms with Crippen molar-refractivity contribution in [3.05, 3.63) is 95.6 Å². The van der Waals surface area contributed by atoms with E-state index in [1.807, 2.05) is 36.4 Å². The Morgan fingerprint density at radius 3 is 2.20 bits per heavy atom. The molecule has 7 heteroatoms. The van der Waals surface area contributed by atoms with E-state index in [-0.39, 0.29) is 0 Å². The molecule has 184 valence electrons. The fraction of sp³-hybridized carbons (Fsp3) is 0.321. The highest BCUT2D eigenvalue weighted by atomic mass is 32.2. The van der Waals surface area contributed by atoms with Gasteiger partial charge in [0.05, 0.1) is 6.54 Å². The molecule has 0 amide bonds. The molecule has 0 aliphatic heterocycles. The molecule has 1 aliphatic carbocycles. The number of hydrogen-bond donors (Lipinski definition) is 3. The Morgan fingerprint density at radius 1 is 0.914 bits per heavy atom. The molecule has 3 aromatic carbocycles. The normalized spacial score (nSPS) is 14.8. The van der Waals surface area contributed by atoms with Gasteiger partial charge in [-0.3, -0.25) is 0 Å². The van der Waals surface area contributed by atoms with Gasteiger partial charge in [-0.05, 0) is 61.2 Å². The topological polar surface area (TPSA) is 82.9 Å². The Hall–Kier alpha value is -3.00. The Labute approximate surface area is 213 Å². The van der Waals surface area contributed by atoms with Gasteiger partial charge < -0.3 is 11.1 Å². The van der Waals surface area contributed by atoms with Crippen LogP contribution in [-0.4, -0.2) is 28.3 Å². The van der Waals surface area contributed by atoms with Crippen LogP contribution in [0.1, 0.15) is 48.8 Å². The summed E-state index contributed by atoms with van der Waals surface area (Å²) in [5.41, 5.74) is 10.8. The number of hydrazone groups is 1. The van der Waals surface area contributed by atoms with Crippen molar-refractivity contribution in [1.29, 1.82) is 0 Å². The van der Waals surface area contributed by atoms with Crippen LogP contribution in [-0.2, 0) is 13.1 Å². The van der Waals surface area contributed by atoms with Gasteiger partial charge in [0.25, 0.3) is 0 Å². The fourth-order valence-electron chi connectivity index (χ4n) is 4.44. The largest absolute Gasteiger partial charge is 0.382 e. The Morgan fingerprint density at radius 2 is 1.54 bits per heavy atom. The molecule has 0 unspecified atom stereocenters. The smallest absolute Gasteiger partial charge is 0.154 e. The highest BCUT2D eigenvalue weighted by Crippen LogP contribution is 2.30. The standard InChI is InChI=1S/C28H36N6S/c1-33(20-22-11-5-2-6-12-22)35-25-17-18-27(31-24-15-9-4-10-16-24)26(19-25)28(29)32-34(30)21-23-13-7-3-8-14-23/h2-3,5-8,11-14,17-19,24,31H,4,9-10,15-16,20-21,30H2,1H3,(H2,29,32). The fourth-order valence-corrected chi connectivity index (χ4v) is 5.31. The minimum absolute atomic E-state index is 0.412. The first-order valence-electron chi connectivity index (χ1n) is 12.3. The maximum atomic E-state index is 6.54. The summed E-state index contributed by atoms with van der Waals surface area (Å²) in [5.74, 6) is 6.63. The first-order valence-corrected chi connectivity index (χ1v) is 13.1. The minimum Gasteiger partial charge on any atom is -0.382 e. The zero-order chi connectivity index (χ0) is 24.5. The zero-order valence-electron chi connectivity index (χ0n) is 20.4. The molecule has 0 radical (unpaired) electrons. The SMILES string of the molecule is CN(Cc1ccccc1)Sc1ccc(NC2CCCCC2)c(/C(N)=N/N(N)Cc2ccccc2)c1. The molecular weight excluding hydrogens is 452 g/mol. The van der Waals surface area contributed by atoms with Gasteiger partial charge in [0.15, 0.2) is 5.84 Å². The summed E-state index contributed by atoms with van der Waals surface area (Å²) in [6, 6.07) is 27.4. The van der Waals surface area contributed by atoms with Crippen molar-refractivity contribution in [2.75, 3.05) is 12.4 Å². The van der Waals surface area contributed by atoms with Crippen LogP contribution < -0.4 is 16.9 Å². The average molecular weight is 489 g/mol. The van der Waals surface area contributed by atoms with E-state index in [1.54, 1.807) is 11.9 Å². The van der Waals surface area contributed by atoms with Gasteiger partial charge in [-0.2, -0.15) is 0 Å². The van der Waals surface area contributed by atoms with Crippen LogP contribution in [0.15, 0.2) is 88.9 Å². The second-order valence-corrected chi connectivity index (χ2v) is 10.4. The van der Waals surface area contributed by atoms with E-state index in [1.165, 1.54) is 42.8 Å². The van der Waals surface area contributed by atoms with Gasteiger partial charge in [0.2, 0.25) is 0 Å². The molecule has 3 aromatic rings. The Kier molecular flexibility index (Phi) is 9.06. The molecular formula is C28H36N6S. The number of nitrogens with two attached hydrogens (primary N) is 2. The maximum Gasteiger partial charge on any atom is 0.154 e. The summed E-state index contributed by atoms with van der Waals surface area (Å²) >= 11 is 1.70. The van der Waals surface area contributed by atoms with Crippen molar-refractivity contribution in [3.63, 3.8) is 0 Å². The van der Waals surface area contributed by atoms with E-state index in [0.717, 1.165) is 28.3 Å². The van der Waals surface area contributed by atoms with E-state index in [0.29, 0.717) is 18.4 Å². The maximum absolute atomic E-state index is 6.54. The molecule has 4 rings (SSSR count). The monoisotopic (exact) mass is 488 g/mol. The molecule has 1 saturated carbocycles. The molecule has 0 bridgehead atoms. The zero-order valence-corrected chi connectivity index (χ0v) is 21.3. The number of hydrogen-bond acceptors (Lipinski definition) is 6. The molecule has 5 N–H and O–H groups in total. The van der Waals surface area contributed by atoms with Crippen LogP contribution in [0.5, 0.6) is 0 Å².